The fourth-order valence-electron chi connectivity index (χ4n) is 2.79. The van der Waals surface area contributed by atoms with Gasteiger partial charge in [0, 0.05) is 22.8 Å². The number of nitrogens with one attached hydrogen (secondary N) is 1. The molecule has 0 bridgehead atoms. The first-order valence-electron chi connectivity index (χ1n) is 8.16. The number of amides is 1. The van der Waals surface area contributed by atoms with Crippen LogP contribution in [0.4, 0.5) is 25.3 Å². The monoisotopic (exact) mass is 404 g/mol. The molecule has 2 aromatic carbocycles. The molecule has 0 spiro atoms. The average Bonchev–Trinajstić information content (AvgIpc) is 3.14. The zero-order chi connectivity index (χ0) is 18.8. The third-order valence-corrected chi connectivity index (χ3v) is 5.94. The summed E-state index contributed by atoms with van der Waals surface area (Å²) in [5.41, 5.74) is 2.09. The van der Waals surface area contributed by atoms with Crippen LogP contribution in [0.1, 0.15) is 17.9 Å². The molecule has 1 amide bonds. The Hall–Kier alpha value is -2.52. The molecule has 0 fully saturated rings. The zero-order valence-corrected chi connectivity index (χ0v) is 15.6. The minimum atomic E-state index is -2.69. The number of carbonyl (C=O) groups excluding carboxylic acids is 1. The van der Waals surface area contributed by atoms with E-state index < -0.39 is 11.4 Å². The minimum absolute atomic E-state index is 0.0882. The lowest BCUT2D eigenvalue weighted by Crippen LogP contribution is -2.25. The molecule has 0 radical (unpaired) electrons. The van der Waals surface area contributed by atoms with Gasteiger partial charge < -0.3 is 10.2 Å². The van der Waals surface area contributed by atoms with Gasteiger partial charge in [-0.25, -0.2) is 8.78 Å². The van der Waals surface area contributed by atoms with E-state index in [1.165, 1.54) is 0 Å². The summed E-state index contributed by atoms with van der Waals surface area (Å²) in [6.45, 7) is 0.459. The van der Waals surface area contributed by atoms with E-state index in [0.717, 1.165) is 21.2 Å². The highest BCUT2D eigenvalue weighted by atomic mass is 32.2. The number of anilines is 3. The molecular formula is C18H14F2N4OS2. The van der Waals surface area contributed by atoms with Crippen LogP contribution in [0.5, 0.6) is 0 Å². The number of fused-ring (bicyclic) bond motifs is 2. The Morgan fingerprint density at radius 1 is 1.04 bits per heavy atom. The fourth-order valence-corrected chi connectivity index (χ4v) is 4.50. The Bertz CT molecular complexity index is 934. The van der Waals surface area contributed by atoms with E-state index in [9.17, 15) is 13.6 Å². The number of alkyl halides is 2. The maximum Gasteiger partial charge on any atom is 0.291 e. The number of rotatable bonds is 5. The second-order valence-corrected chi connectivity index (χ2v) is 7.83. The van der Waals surface area contributed by atoms with Gasteiger partial charge in [0.2, 0.25) is 11.0 Å². The van der Waals surface area contributed by atoms with E-state index in [2.05, 4.69) is 32.5 Å². The highest BCUT2D eigenvalue weighted by molar-refractivity contribution is 7.99. The van der Waals surface area contributed by atoms with Crippen LogP contribution in [0, 0.1) is 0 Å². The van der Waals surface area contributed by atoms with Crippen molar-refractivity contribution >= 4 is 45.5 Å². The highest BCUT2D eigenvalue weighted by Gasteiger charge is 2.23. The molecule has 4 rings (SSSR count). The molecule has 1 aromatic heterocycles. The molecule has 9 heteroatoms. The van der Waals surface area contributed by atoms with Gasteiger partial charge in [-0.2, -0.15) is 0 Å². The smallest absolute Gasteiger partial charge is 0.291 e. The fraction of sp³-hybridized carbons (Fsp3) is 0.167. The van der Waals surface area contributed by atoms with Gasteiger partial charge in [0.05, 0.1) is 11.4 Å². The summed E-state index contributed by atoms with van der Waals surface area (Å²) in [4.78, 5) is 16.6. The molecule has 1 aliphatic rings. The second-order valence-electron chi connectivity index (χ2n) is 5.73. The molecule has 0 unspecified atom stereocenters. The number of hydrogen-bond acceptors (Lipinski definition) is 6. The van der Waals surface area contributed by atoms with Crippen molar-refractivity contribution in [1.29, 1.82) is 0 Å². The van der Waals surface area contributed by atoms with Crippen molar-refractivity contribution in [3.63, 3.8) is 0 Å². The number of benzene rings is 2. The van der Waals surface area contributed by atoms with Crippen molar-refractivity contribution in [3.05, 3.63) is 53.5 Å². The third kappa shape index (κ3) is 3.79. The minimum Gasteiger partial charge on any atom is -0.339 e. The normalized spacial score (nSPS) is 12.6. The van der Waals surface area contributed by atoms with Gasteiger partial charge in [0.15, 0.2) is 5.01 Å². The first-order valence-corrected chi connectivity index (χ1v) is 9.80. The maximum absolute atomic E-state index is 12.6. The topological polar surface area (TPSA) is 58.1 Å². The summed E-state index contributed by atoms with van der Waals surface area (Å²) in [6, 6.07) is 16.1. The molecule has 0 saturated carbocycles. The number of nitrogens with zero attached hydrogens (tertiary/aromatic N) is 3. The van der Waals surface area contributed by atoms with Gasteiger partial charge in [-0.15, -0.1) is 10.2 Å². The zero-order valence-electron chi connectivity index (χ0n) is 13.9. The summed E-state index contributed by atoms with van der Waals surface area (Å²) in [6.07, 6.45) is -2.50. The maximum atomic E-state index is 12.6. The molecule has 5 nitrogen and oxygen atoms in total. The number of para-hydroxylation sites is 2. The van der Waals surface area contributed by atoms with Crippen LogP contribution in [-0.4, -0.2) is 22.6 Å². The Morgan fingerprint density at radius 2 is 1.67 bits per heavy atom. The van der Waals surface area contributed by atoms with Gasteiger partial charge in [-0.05, 0) is 24.3 Å². The number of carbonyl (C=O) groups is 1. The van der Waals surface area contributed by atoms with Crippen molar-refractivity contribution in [1.82, 2.24) is 10.2 Å². The van der Waals surface area contributed by atoms with Gasteiger partial charge in [-0.1, -0.05) is 47.4 Å². The summed E-state index contributed by atoms with van der Waals surface area (Å²) in [5, 5.41) is 9.18. The Kier molecular flexibility index (Phi) is 5.04. The van der Waals surface area contributed by atoms with E-state index >= 15 is 0 Å². The lowest BCUT2D eigenvalue weighted by Gasteiger charge is -2.32. The highest BCUT2D eigenvalue weighted by Crippen LogP contribution is 2.47. The average molecular weight is 404 g/mol. The predicted molar refractivity (Wildman–Crippen MR) is 102 cm³/mol. The first-order chi connectivity index (χ1) is 13.1. The quantitative estimate of drug-likeness (QED) is 0.641. The van der Waals surface area contributed by atoms with Gasteiger partial charge in [0.25, 0.3) is 6.43 Å². The van der Waals surface area contributed by atoms with Crippen molar-refractivity contribution < 1.29 is 13.6 Å². The Balaban J connectivity index is 1.48. The summed E-state index contributed by atoms with van der Waals surface area (Å²) in [5.74, 6) is -0.292. The number of halogens is 2. The first kappa shape index (κ1) is 17.9. The Labute approximate surface area is 162 Å². The molecule has 0 saturated heterocycles. The van der Waals surface area contributed by atoms with Crippen LogP contribution in [0.25, 0.3) is 0 Å². The summed E-state index contributed by atoms with van der Waals surface area (Å²) >= 11 is 2.39. The number of aromatic nitrogens is 2. The molecule has 0 aliphatic carbocycles. The molecule has 3 aromatic rings. The number of hydrogen-bond donors (Lipinski definition) is 1. The van der Waals surface area contributed by atoms with E-state index in [0.29, 0.717) is 17.9 Å². The van der Waals surface area contributed by atoms with Gasteiger partial charge in [0.1, 0.15) is 0 Å². The van der Waals surface area contributed by atoms with E-state index in [1.807, 2.05) is 36.4 Å². The van der Waals surface area contributed by atoms with Crippen molar-refractivity contribution in [2.24, 2.45) is 0 Å². The van der Waals surface area contributed by atoms with Gasteiger partial charge in [-0.3, -0.25) is 4.79 Å². The van der Waals surface area contributed by atoms with Crippen molar-refractivity contribution in [3.8, 4) is 0 Å². The molecule has 2 heterocycles. The van der Waals surface area contributed by atoms with Crippen LogP contribution < -0.4 is 10.2 Å². The van der Waals surface area contributed by atoms with Crippen LogP contribution in [-0.2, 0) is 4.79 Å². The summed E-state index contributed by atoms with van der Waals surface area (Å²) < 4.78 is 25.2. The lowest BCUT2D eigenvalue weighted by atomic mass is 10.2. The van der Waals surface area contributed by atoms with Crippen LogP contribution >= 0.6 is 23.1 Å². The lowest BCUT2D eigenvalue weighted by molar-refractivity contribution is -0.116. The van der Waals surface area contributed by atoms with Crippen LogP contribution in [0.15, 0.2) is 58.3 Å². The van der Waals surface area contributed by atoms with Gasteiger partial charge >= 0.3 is 0 Å². The molecule has 138 valence electrons. The molecular weight excluding hydrogens is 390 g/mol. The predicted octanol–water partition coefficient (Wildman–Crippen LogP) is 5.11. The third-order valence-electron chi connectivity index (χ3n) is 3.97. The van der Waals surface area contributed by atoms with E-state index in [4.69, 9.17) is 0 Å². The largest absolute Gasteiger partial charge is 0.339 e. The van der Waals surface area contributed by atoms with Crippen LogP contribution in [0.3, 0.4) is 0 Å². The Morgan fingerprint density at radius 3 is 2.26 bits per heavy atom. The van der Waals surface area contributed by atoms with Crippen LogP contribution in [0.2, 0.25) is 0 Å². The SMILES string of the molecule is O=C(CCN1c2ccccc2Sc2ccccc21)Nc1nnc(C(F)F)s1. The summed E-state index contributed by atoms with van der Waals surface area (Å²) in [7, 11) is 0. The molecule has 27 heavy (non-hydrogen) atoms. The standard InChI is InChI=1S/C18H14F2N4OS2/c19-16(20)17-22-23-18(27-17)21-15(25)9-10-24-11-5-1-3-7-13(11)26-14-8-4-2-6-12(14)24/h1-8,16H,9-10H2,(H,21,23,25). The van der Waals surface area contributed by atoms with E-state index in [1.54, 1.807) is 11.8 Å². The van der Waals surface area contributed by atoms with Crippen molar-refractivity contribution in [2.75, 3.05) is 16.8 Å². The van der Waals surface area contributed by atoms with E-state index in [-0.39, 0.29) is 17.5 Å². The van der Waals surface area contributed by atoms with Crippen molar-refractivity contribution in [2.45, 2.75) is 22.6 Å². The molecule has 0 atom stereocenters. The molecule has 1 aliphatic heterocycles. The molecule has 1 N–H and O–H groups in total. The second kappa shape index (κ2) is 7.61.